The summed E-state index contributed by atoms with van der Waals surface area (Å²) in [5.41, 5.74) is 0.983. The number of rotatable bonds is 4. The van der Waals surface area contributed by atoms with Crippen molar-refractivity contribution in [2.45, 2.75) is 43.7 Å². The van der Waals surface area contributed by atoms with E-state index in [1.807, 2.05) is 52.0 Å². The summed E-state index contributed by atoms with van der Waals surface area (Å²) in [5, 5.41) is 0.553. The van der Waals surface area contributed by atoms with Gasteiger partial charge in [0.1, 0.15) is 6.61 Å². The van der Waals surface area contributed by atoms with Crippen LogP contribution in [0.4, 0.5) is 0 Å². The topological polar surface area (TPSA) is 46.6 Å². The molecule has 1 heterocycles. The summed E-state index contributed by atoms with van der Waals surface area (Å²) in [6.07, 6.45) is 0. The fourth-order valence-corrected chi connectivity index (χ4v) is 4.37. The zero-order valence-electron chi connectivity index (χ0n) is 14.0. The molecule has 23 heavy (non-hydrogen) atoms. The van der Waals surface area contributed by atoms with Crippen LogP contribution in [-0.2, 0) is 20.3 Å². The molecule has 1 amide bonds. The quantitative estimate of drug-likeness (QED) is 0.831. The molecule has 0 spiro atoms. The molecule has 0 N–H and O–H groups in total. The van der Waals surface area contributed by atoms with Gasteiger partial charge in [-0.05, 0) is 45.4 Å². The van der Waals surface area contributed by atoms with Crippen LogP contribution in [0.25, 0.3) is 0 Å². The highest BCUT2D eigenvalue weighted by atomic mass is 35.5. The van der Waals surface area contributed by atoms with Crippen molar-refractivity contribution in [2.24, 2.45) is 0 Å². The Balaban J connectivity index is 2.19. The maximum Gasteiger partial charge on any atom is 0.249 e. The van der Waals surface area contributed by atoms with Gasteiger partial charge in [-0.15, -0.1) is 0 Å². The molecule has 1 fully saturated rings. The van der Waals surface area contributed by atoms with E-state index in [-0.39, 0.29) is 28.6 Å². The largest absolute Gasteiger partial charge is 0.369 e. The minimum atomic E-state index is -1.03. The Morgan fingerprint density at radius 1 is 1.35 bits per heavy atom. The van der Waals surface area contributed by atoms with E-state index in [2.05, 4.69) is 0 Å². The van der Waals surface area contributed by atoms with Crippen LogP contribution in [0.1, 0.15) is 39.3 Å². The summed E-state index contributed by atoms with van der Waals surface area (Å²) in [7, 11) is -1.03. The highest BCUT2D eigenvalue weighted by molar-refractivity contribution is 7.87. The lowest BCUT2D eigenvalue weighted by Gasteiger charge is -2.38. The number of nitrogens with zero attached hydrogens (tertiary/aromatic N) is 1. The number of carbonyl (C=O) groups is 1. The maximum atomic E-state index is 12.6. The fraction of sp³-hybridized carbons (Fsp3) is 0.588. The van der Waals surface area contributed by atoms with E-state index in [0.29, 0.717) is 18.2 Å². The Morgan fingerprint density at radius 2 is 1.96 bits per heavy atom. The highest BCUT2D eigenvalue weighted by Gasteiger charge is 2.34. The van der Waals surface area contributed by atoms with Gasteiger partial charge in [-0.25, -0.2) is 0 Å². The van der Waals surface area contributed by atoms with Gasteiger partial charge in [0.05, 0.1) is 17.9 Å². The van der Waals surface area contributed by atoms with E-state index in [9.17, 15) is 9.00 Å². The average molecular weight is 358 g/mol. The van der Waals surface area contributed by atoms with Crippen LogP contribution in [0.3, 0.4) is 0 Å². The van der Waals surface area contributed by atoms with Gasteiger partial charge in [0.25, 0.3) is 0 Å². The predicted octanol–water partition coefficient (Wildman–Crippen LogP) is 3.18. The van der Waals surface area contributed by atoms with E-state index in [1.165, 1.54) is 0 Å². The van der Waals surface area contributed by atoms with Gasteiger partial charge in [-0.2, -0.15) is 0 Å². The summed E-state index contributed by atoms with van der Waals surface area (Å²) < 4.78 is 17.7. The lowest BCUT2D eigenvalue weighted by Crippen LogP contribution is -2.48. The zero-order chi connectivity index (χ0) is 17.2. The van der Waals surface area contributed by atoms with E-state index < -0.39 is 10.8 Å². The van der Waals surface area contributed by atoms with Crippen molar-refractivity contribution in [1.29, 1.82) is 0 Å². The minimum Gasteiger partial charge on any atom is -0.369 e. The number of carbonyl (C=O) groups excluding carboxylic acids is 1. The molecule has 1 aromatic carbocycles. The summed E-state index contributed by atoms with van der Waals surface area (Å²) >= 11 is 5.94. The van der Waals surface area contributed by atoms with Crippen molar-refractivity contribution >= 4 is 28.3 Å². The predicted molar refractivity (Wildman–Crippen MR) is 94.1 cm³/mol. The normalized spacial score (nSPS) is 22.0. The molecule has 1 aromatic rings. The van der Waals surface area contributed by atoms with Gasteiger partial charge in [0, 0.05) is 27.1 Å². The molecule has 0 bridgehead atoms. The van der Waals surface area contributed by atoms with Crippen molar-refractivity contribution in [2.75, 3.05) is 19.8 Å². The van der Waals surface area contributed by atoms with Crippen LogP contribution >= 0.6 is 11.6 Å². The number of amides is 1. The van der Waals surface area contributed by atoms with E-state index >= 15 is 0 Å². The molecule has 1 aliphatic rings. The molecule has 6 heteroatoms. The second kappa shape index (κ2) is 7.32. The first kappa shape index (κ1) is 18.4. The lowest BCUT2D eigenvalue weighted by atomic mass is 10.0. The van der Waals surface area contributed by atoms with Gasteiger partial charge < -0.3 is 9.64 Å². The Kier molecular flexibility index (Phi) is 5.87. The van der Waals surface area contributed by atoms with Crippen LogP contribution in [0.2, 0.25) is 5.02 Å². The van der Waals surface area contributed by atoms with Gasteiger partial charge in [0.2, 0.25) is 5.91 Å². The Bertz CT molecular complexity index is 582. The fourth-order valence-electron chi connectivity index (χ4n) is 2.74. The van der Waals surface area contributed by atoms with E-state index in [1.54, 1.807) is 4.90 Å². The lowest BCUT2D eigenvalue weighted by molar-refractivity contribution is -0.148. The van der Waals surface area contributed by atoms with Crippen LogP contribution < -0.4 is 0 Å². The van der Waals surface area contributed by atoms with Crippen LogP contribution in [0.15, 0.2) is 24.3 Å². The summed E-state index contributed by atoms with van der Waals surface area (Å²) in [4.78, 5) is 14.1. The smallest absolute Gasteiger partial charge is 0.249 e. The number of hydrogen-bond donors (Lipinski definition) is 0. The van der Waals surface area contributed by atoms with Crippen molar-refractivity contribution in [1.82, 2.24) is 4.90 Å². The molecule has 3 atom stereocenters. The number of halogens is 1. The third kappa shape index (κ3) is 4.55. The molecule has 1 saturated heterocycles. The third-order valence-corrected chi connectivity index (χ3v) is 6.21. The zero-order valence-corrected chi connectivity index (χ0v) is 15.6. The number of ether oxygens (including phenoxy) is 1. The van der Waals surface area contributed by atoms with Crippen LogP contribution in [0.5, 0.6) is 0 Å². The maximum absolute atomic E-state index is 12.6. The Hall–Kier alpha value is -0.910. The van der Waals surface area contributed by atoms with Gasteiger partial charge in [-0.3, -0.25) is 9.00 Å². The molecule has 1 aliphatic heterocycles. The monoisotopic (exact) mass is 357 g/mol. The van der Waals surface area contributed by atoms with Gasteiger partial charge >= 0.3 is 0 Å². The molecule has 0 radical (unpaired) electrons. The first-order valence-electron chi connectivity index (χ1n) is 7.73. The highest BCUT2D eigenvalue weighted by Crippen LogP contribution is 2.27. The molecular formula is C17H24ClNO3S. The van der Waals surface area contributed by atoms with Crippen molar-refractivity contribution < 1.29 is 13.7 Å². The van der Waals surface area contributed by atoms with Crippen molar-refractivity contribution in [3.8, 4) is 0 Å². The molecule has 0 aromatic heterocycles. The summed E-state index contributed by atoms with van der Waals surface area (Å²) in [6, 6.07) is 7.28. The van der Waals surface area contributed by atoms with E-state index in [4.69, 9.17) is 16.3 Å². The summed E-state index contributed by atoms with van der Waals surface area (Å²) in [6.45, 7) is 8.79. The molecular weight excluding hydrogens is 334 g/mol. The molecule has 128 valence electrons. The summed E-state index contributed by atoms with van der Waals surface area (Å²) in [5.74, 6) is -0.0611. The first-order valence-corrected chi connectivity index (χ1v) is 9.32. The van der Waals surface area contributed by atoms with Gasteiger partial charge in [0.15, 0.2) is 0 Å². The van der Waals surface area contributed by atoms with Crippen molar-refractivity contribution in [3.63, 3.8) is 0 Å². The average Bonchev–Trinajstić information content (AvgIpc) is 2.48. The molecule has 4 nitrogen and oxygen atoms in total. The SMILES string of the molecule is CC(CN1C(=O)COCC1c1ccc(Cl)cc1)S(=O)C(C)(C)C. The first-order chi connectivity index (χ1) is 10.7. The molecule has 0 aliphatic carbocycles. The van der Waals surface area contributed by atoms with Crippen LogP contribution in [0, 0.1) is 0 Å². The molecule has 2 rings (SSSR count). The molecule has 0 saturated carbocycles. The number of benzene rings is 1. The standard InChI is InChI=1S/C17H24ClNO3S/c1-12(23(21)17(2,3)4)9-19-15(10-22-11-16(19)20)13-5-7-14(18)8-6-13/h5-8,12,15H,9-11H2,1-4H3. The molecule has 3 unspecified atom stereocenters. The van der Waals surface area contributed by atoms with Crippen LogP contribution in [-0.4, -0.2) is 44.8 Å². The van der Waals surface area contributed by atoms with Gasteiger partial charge in [-0.1, -0.05) is 23.7 Å². The van der Waals surface area contributed by atoms with E-state index in [0.717, 1.165) is 5.56 Å². The minimum absolute atomic E-state index is 0.0611. The Labute approximate surface area is 145 Å². The third-order valence-electron chi connectivity index (χ3n) is 3.88. The second-order valence-corrected chi connectivity index (χ2v) is 9.91. The number of hydrogen-bond acceptors (Lipinski definition) is 3. The number of morpholine rings is 1. The second-order valence-electron chi connectivity index (χ2n) is 6.85. The Morgan fingerprint density at radius 3 is 2.52 bits per heavy atom. The van der Waals surface area contributed by atoms with Crippen molar-refractivity contribution in [3.05, 3.63) is 34.9 Å².